The number of anilines is 2. The van der Waals surface area contributed by atoms with E-state index in [-0.39, 0.29) is 52.4 Å². The highest BCUT2D eigenvalue weighted by molar-refractivity contribution is 6.37. The predicted molar refractivity (Wildman–Crippen MR) is 128 cm³/mol. The number of fused-ring (bicyclic) bond motifs is 1. The van der Waals surface area contributed by atoms with E-state index in [1.54, 1.807) is 16.7 Å². The van der Waals surface area contributed by atoms with Gasteiger partial charge in [0.2, 0.25) is 5.91 Å². The summed E-state index contributed by atoms with van der Waals surface area (Å²) in [6.45, 7) is 5.95. The molecule has 0 unspecified atom stereocenters. The Morgan fingerprint density at radius 2 is 1.92 bits per heavy atom. The smallest absolute Gasteiger partial charge is 0.396 e. The Morgan fingerprint density at radius 1 is 1.22 bits per heavy atom. The van der Waals surface area contributed by atoms with Gasteiger partial charge in [-0.2, -0.15) is 13.2 Å². The highest BCUT2D eigenvalue weighted by Gasteiger charge is 2.38. The maximum atomic E-state index is 15.0. The molecule has 0 aliphatic carbocycles. The zero-order valence-corrected chi connectivity index (χ0v) is 20.1. The Hall–Kier alpha value is -3.38. The molecule has 3 aromatic rings. The highest BCUT2D eigenvalue weighted by atomic mass is 35.5. The number of aromatic nitrogens is 3. The summed E-state index contributed by atoms with van der Waals surface area (Å²) < 4.78 is 57.7. The third-order valence-electron chi connectivity index (χ3n) is 5.87. The number of pyridine rings is 1. The van der Waals surface area contributed by atoms with Gasteiger partial charge in [0.15, 0.2) is 5.82 Å². The summed E-state index contributed by atoms with van der Waals surface area (Å²) in [6, 6.07) is 1.22. The fourth-order valence-electron chi connectivity index (χ4n) is 4.18. The van der Waals surface area contributed by atoms with Gasteiger partial charge in [-0.1, -0.05) is 29.8 Å². The molecule has 2 aromatic heterocycles. The van der Waals surface area contributed by atoms with Gasteiger partial charge in [-0.05, 0) is 25.1 Å². The van der Waals surface area contributed by atoms with E-state index in [9.17, 15) is 27.2 Å². The SMILES string of the molecule is C=CC(=O)N1CCN(c2ncnc3c(=O)n(-c4c(N)c(Cl)cc(Cl)c4F)c(C(F)(F)F)cc23)[C@H](C)C1. The van der Waals surface area contributed by atoms with Gasteiger partial charge in [-0.3, -0.25) is 14.2 Å². The average Bonchev–Trinajstić information content (AvgIpc) is 2.82. The van der Waals surface area contributed by atoms with Crippen molar-refractivity contribution in [2.45, 2.75) is 19.1 Å². The van der Waals surface area contributed by atoms with E-state index in [1.165, 1.54) is 6.08 Å². The molecular formula is C22H18Cl2F4N6O2. The fourth-order valence-corrected chi connectivity index (χ4v) is 4.64. The van der Waals surface area contributed by atoms with Crippen LogP contribution in [0.2, 0.25) is 10.0 Å². The van der Waals surface area contributed by atoms with Gasteiger partial charge in [0.05, 0.1) is 21.1 Å². The van der Waals surface area contributed by atoms with E-state index >= 15 is 0 Å². The van der Waals surface area contributed by atoms with E-state index < -0.39 is 45.2 Å². The lowest BCUT2D eigenvalue weighted by molar-refractivity contribution is -0.142. The van der Waals surface area contributed by atoms with Crippen molar-refractivity contribution in [2.24, 2.45) is 0 Å². The number of halogens is 6. The normalized spacial score (nSPS) is 16.5. The van der Waals surface area contributed by atoms with Gasteiger partial charge in [0.1, 0.15) is 29.0 Å². The van der Waals surface area contributed by atoms with Gasteiger partial charge in [0.25, 0.3) is 5.56 Å². The van der Waals surface area contributed by atoms with Crippen LogP contribution in [-0.4, -0.2) is 51.0 Å². The van der Waals surface area contributed by atoms with Gasteiger partial charge in [-0.25, -0.2) is 14.4 Å². The largest absolute Gasteiger partial charge is 0.431 e. The number of amides is 1. The predicted octanol–water partition coefficient (Wildman–Crippen LogP) is 4.05. The number of hydrogen-bond donors (Lipinski definition) is 1. The van der Waals surface area contributed by atoms with Crippen molar-refractivity contribution in [1.82, 2.24) is 19.4 Å². The number of nitrogens with two attached hydrogens (primary N) is 1. The Kier molecular flexibility index (Phi) is 6.60. The molecule has 8 nitrogen and oxygen atoms in total. The average molecular weight is 545 g/mol. The molecule has 1 amide bonds. The number of nitrogens with zero attached hydrogens (tertiary/aromatic N) is 5. The Balaban J connectivity index is 1.98. The molecule has 4 rings (SSSR count). The van der Waals surface area contributed by atoms with Crippen molar-refractivity contribution >= 4 is 51.5 Å². The fraction of sp³-hybridized carbons (Fsp3) is 0.273. The third-order valence-corrected chi connectivity index (χ3v) is 6.46. The third kappa shape index (κ3) is 4.24. The number of carbonyl (C=O) groups is 1. The number of benzene rings is 1. The van der Waals surface area contributed by atoms with E-state index in [2.05, 4.69) is 16.5 Å². The topological polar surface area (TPSA) is 97.4 Å². The lowest BCUT2D eigenvalue weighted by Gasteiger charge is -2.40. The molecule has 0 radical (unpaired) electrons. The zero-order chi connectivity index (χ0) is 26.5. The molecule has 1 atom stereocenters. The van der Waals surface area contributed by atoms with Crippen LogP contribution in [0, 0.1) is 5.82 Å². The number of carbonyl (C=O) groups excluding carboxylic acids is 1. The number of alkyl halides is 3. The summed E-state index contributed by atoms with van der Waals surface area (Å²) in [6.07, 6.45) is -2.92. The molecule has 3 heterocycles. The number of piperazine rings is 1. The van der Waals surface area contributed by atoms with Crippen molar-refractivity contribution in [1.29, 1.82) is 0 Å². The van der Waals surface area contributed by atoms with Crippen LogP contribution in [0.15, 0.2) is 35.9 Å². The first-order valence-electron chi connectivity index (χ1n) is 10.5. The van der Waals surface area contributed by atoms with Crippen LogP contribution in [-0.2, 0) is 11.0 Å². The minimum atomic E-state index is -5.12. The summed E-state index contributed by atoms with van der Waals surface area (Å²) in [5.41, 5.74) is 1.04. The standard InChI is InChI=1S/C22H18Cl2F4N6O2/c1-3-15(35)32-4-5-33(10(2)8-32)20-11-6-14(22(26,27)28)34(21(36)18(11)30-9-31-20)19-16(25)12(23)7-13(24)17(19)29/h3,6-7,9-10H,1,4-5,8,29H2,2H3/t10-/m1/s1. The number of hydrogen-bond acceptors (Lipinski definition) is 6. The molecule has 1 aliphatic heterocycles. The molecule has 0 spiro atoms. The second kappa shape index (κ2) is 9.25. The summed E-state index contributed by atoms with van der Waals surface area (Å²) in [7, 11) is 0. The monoisotopic (exact) mass is 544 g/mol. The highest BCUT2D eigenvalue weighted by Crippen LogP contribution is 2.39. The Bertz CT molecular complexity index is 1430. The van der Waals surface area contributed by atoms with Gasteiger partial charge >= 0.3 is 6.18 Å². The van der Waals surface area contributed by atoms with Crippen LogP contribution >= 0.6 is 23.2 Å². The molecule has 36 heavy (non-hydrogen) atoms. The van der Waals surface area contributed by atoms with Crippen LogP contribution in [0.1, 0.15) is 12.6 Å². The molecule has 1 aliphatic rings. The van der Waals surface area contributed by atoms with Crippen molar-refractivity contribution < 1.29 is 22.4 Å². The summed E-state index contributed by atoms with van der Waals surface area (Å²) in [5, 5.41) is -1.15. The first kappa shape index (κ1) is 25.7. The van der Waals surface area contributed by atoms with E-state index in [0.717, 1.165) is 12.4 Å². The Labute approximate surface area is 211 Å². The summed E-state index contributed by atoms with van der Waals surface area (Å²) >= 11 is 11.7. The van der Waals surface area contributed by atoms with Crippen molar-refractivity contribution in [3.8, 4) is 5.69 Å². The van der Waals surface area contributed by atoms with E-state index in [1.807, 2.05) is 0 Å². The lowest BCUT2D eigenvalue weighted by Crippen LogP contribution is -2.53. The van der Waals surface area contributed by atoms with Crippen LogP contribution in [0.25, 0.3) is 16.6 Å². The van der Waals surface area contributed by atoms with E-state index in [4.69, 9.17) is 28.9 Å². The van der Waals surface area contributed by atoms with Crippen LogP contribution in [0.3, 0.4) is 0 Å². The summed E-state index contributed by atoms with van der Waals surface area (Å²) in [4.78, 5) is 36.6. The quantitative estimate of drug-likeness (QED) is 0.231. The molecule has 1 aromatic carbocycles. The van der Waals surface area contributed by atoms with Crippen LogP contribution in [0.4, 0.5) is 29.1 Å². The first-order valence-corrected chi connectivity index (χ1v) is 11.2. The molecule has 1 fully saturated rings. The molecular weight excluding hydrogens is 527 g/mol. The molecule has 1 saturated heterocycles. The van der Waals surface area contributed by atoms with Gasteiger partial charge in [-0.15, -0.1) is 0 Å². The van der Waals surface area contributed by atoms with Crippen LogP contribution in [0.5, 0.6) is 0 Å². The van der Waals surface area contributed by atoms with Gasteiger partial charge in [0, 0.05) is 25.7 Å². The minimum absolute atomic E-state index is 0.0607. The molecule has 2 N–H and O–H groups in total. The Morgan fingerprint density at radius 3 is 2.53 bits per heavy atom. The molecule has 0 saturated carbocycles. The van der Waals surface area contributed by atoms with Crippen molar-refractivity contribution in [2.75, 3.05) is 30.3 Å². The minimum Gasteiger partial charge on any atom is -0.396 e. The second-order valence-corrected chi connectivity index (χ2v) is 8.89. The van der Waals surface area contributed by atoms with E-state index in [0.29, 0.717) is 6.07 Å². The number of rotatable bonds is 3. The lowest BCUT2D eigenvalue weighted by atomic mass is 10.1. The van der Waals surface area contributed by atoms with Gasteiger partial charge < -0.3 is 15.5 Å². The van der Waals surface area contributed by atoms with Crippen LogP contribution < -0.4 is 16.2 Å². The maximum Gasteiger partial charge on any atom is 0.431 e. The molecule has 190 valence electrons. The first-order chi connectivity index (χ1) is 16.9. The van der Waals surface area contributed by atoms with Crippen molar-refractivity contribution in [3.63, 3.8) is 0 Å². The second-order valence-electron chi connectivity index (χ2n) is 8.07. The zero-order valence-electron chi connectivity index (χ0n) is 18.6. The maximum absolute atomic E-state index is 15.0. The summed E-state index contributed by atoms with van der Waals surface area (Å²) in [5.74, 6) is -1.57. The number of nitrogen functional groups attached to an aromatic ring is 1. The van der Waals surface area contributed by atoms with Crippen molar-refractivity contribution in [3.05, 3.63) is 63.0 Å². The molecule has 0 bridgehead atoms. The molecule has 14 heteroatoms.